The molecule has 1 aromatic carbocycles. The molecule has 0 heterocycles. The van der Waals surface area contributed by atoms with Crippen molar-refractivity contribution in [3.63, 3.8) is 0 Å². The van der Waals surface area contributed by atoms with Gasteiger partial charge < -0.3 is 15.1 Å². The van der Waals surface area contributed by atoms with E-state index in [2.05, 4.69) is 51.1 Å². The van der Waals surface area contributed by atoms with Gasteiger partial charge in [-0.2, -0.15) is 0 Å². The van der Waals surface area contributed by atoms with Crippen molar-refractivity contribution < 1.29 is 15.0 Å². The Morgan fingerprint density at radius 3 is 2.68 bits per heavy atom. The molecule has 0 aliphatic heterocycles. The first-order valence-corrected chi connectivity index (χ1v) is 13.5. The SMILES string of the molecule is CCCN(CCC)C(=O)CCCCC1=C[C@H]2C[C@@H](O)[C@H](C=C[C@H](O)Cc3cccc(C)c3)[C@H]2C1. The Hall–Kier alpha value is -1.91. The molecular weight excluding hydrogens is 422 g/mol. The molecule has 0 spiro atoms. The highest BCUT2D eigenvalue weighted by Crippen LogP contribution is 2.48. The summed E-state index contributed by atoms with van der Waals surface area (Å²) < 4.78 is 0. The van der Waals surface area contributed by atoms with Crippen LogP contribution in [0.3, 0.4) is 0 Å². The zero-order valence-electron chi connectivity index (χ0n) is 21.5. The molecule has 0 bridgehead atoms. The lowest BCUT2D eigenvalue weighted by Gasteiger charge is -2.21. The molecule has 5 atom stereocenters. The molecule has 2 aliphatic carbocycles. The molecule has 4 heteroatoms. The van der Waals surface area contributed by atoms with Gasteiger partial charge in [0.25, 0.3) is 0 Å². The van der Waals surface area contributed by atoms with Crippen molar-refractivity contribution >= 4 is 5.91 Å². The highest BCUT2D eigenvalue weighted by Gasteiger charge is 2.43. The molecule has 3 rings (SSSR count). The first-order valence-electron chi connectivity index (χ1n) is 13.5. The van der Waals surface area contributed by atoms with Crippen LogP contribution in [-0.4, -0.2) is 46.3 Å². The highest BCUT2D eigenvalue weighted by atomic mass is 16.3. The third-order valence-corrected chi connectivity index (χ3v) is 7.51. The van der Waals surface area contributed by atoms with E-state index in [1.54, 1.807) is 0 Å². The number of aliphatic hydroxyl groups excluding tert-OH is 2. The highest BCUT2D eigenvalue weighted by molar-refractivity contribution is 5.76. The Balaban J connectivity index is 1.43. The number of aliphatic hydroxyl groups is 2. The zero-order valence-corrected chi connectivity index (χ0v) is 21.5. The number of carbonyl (C=O) groups excluding carboxylic acids is 1. The van der Waals surface area contributed by atoms with Crippen LogP contribution in [0.15, 0.2) is 48.1 Å². The second kappa shape index (κ2) is 13.3. The van der Waals surface area contributed by atoms with Crippen LogP contribution in [0.4, 0.5) is 0 Å². The van der Waals surface area contributed by atoms with Crippen LogP contribution >= 0.6 is 0 Å². The smallest absolute Gasteiger partial charge is 0.222 e. The summed E-state index contributed by atoms with van der Waals surface area (Å²) in [4.78, 5) is 14.5. The number of benzene rings is 1. The van der Waals surface area contributed by atoms with Gasteiger partial charge in [-0.1, -0.05) is 67.5 Å². The Bertz CT molecular complexity index is 839. The minimum absolute atomic E-state index is 0.115. The fourth-order valence-corrected chi connectivity index (χ4v) is 5.88. The van der Waals surface area contributed by atoms with Gasteiger partial charge in [0.15, 0.2) is 0 Å². The number of carbonyl (C=O) groups is 1. The maximum atomic E-state index is 12.5. The van der Waals surface area contributed by atoms with E-state index in [1.807, 2.05) is 17.0 Å². The van der Waals surface area contributed by atoms with Crippen molar-refractivity contribution in [2.45, 2.75) is 90.8 Å². The summed E-state index contributed by atoms with van der Waals surface area (Å²) in [6.45, 7) is 8.07. The fraction of sp³-hybridized carbons (Fsp3) is 0.633. The van der Waals surface area contributed by atoms with E-state index < -0.39 is 6.10 Å². The van der Waals surface area contributed by atoms with Crippen molar-refractivity contribution in [2.24, 2.45) is 17.8 Å². The predicted molar refractivity (Wildman–Crippen MR) is 139 cm³/mol. The standard InChI is InChI=1S/C30H45NO3/c1-4-15-31(16-5-2)30(34)12-7-6-10-24-18-25-21-29(33)27(28(25)20-24)14-13-26(32)19-23-11-8-9-22(3)17-23/h8-9,11,13-14,17-18,25-29,32-33H,4-7,10,12,15-16,19-21H2,1-3H3/t25-,26-,27+,28-,29+/m0/s1. The first-order chi connectivity index (χ1) is 16.4. The van der Waals surface area contributed by atoms with E-state index >= 15 is 0 Å². The van der Waals surface area contributed by atoms with Gasteiger partial charge >= 0.3 is 0 Å². The monoisotopic (exact) mass is 467 g/mol. The lowest BCUT2D eigenvalue weighted by Crippen LogP contribution is -2.32. The van der Waals surface area contributed by atoms with Gasteiger partial charge in [0.1, 0.15) is 0 Å². The molecule has 1 aromatic rings. The average molecular weight is 468 g/mol. The van der Waals surface area contributed by atoms with E-state index in [1.165, 1.54) is 11.1 Å². The van der Waals surface area contributed by atoms with Crippen LogP contribution in [0, 0.1) is 24.7 Å². The van der Waals surface area contributed by atoms with E-state index in [0.29, 0.717) is 30.6 Å². The maximum absolute atomic E-state index is 12.5. The lowest BCUT2D eigenvalue weighted by atomic mass is 9.88. The number of amides is 1. The van der Waals surface area contributed by atoms with Crippen LogP contribution in [0.5, 0.6) is 0 Å². The molecule has 1 saturated carbocycles. The minimum atomic E-state index is -0.528. The number of aryl methyl sites for hydroxylation is 1. The summed E-state index contributed by atoms with van der Waals surface area (Å²) in [5.41, 5.74) is 3.83. The quantitative estimate of drug-likeness (QED) is 0.293. The fourth-order valence-electron chi connectivity index (χ4n) is 5.88. The van der Waals surface area contributed by atoms with Gasteiger partial charge in [0.2, 0.25) is 5.91 Å². The minimum Gasteiger partial charge on any atom is -0.392 e. The average Bonchev–Trinajstić information content (AvgIpc) is 3.31. The van der Waals surface area contributed by atoms with E-state index in [0.717, 1.165) is 63.6 Å². The zero-order chi connectivity index (χ0) is 24.5. The number of rotatable bonds is 13. The second-order valence-corrected chi connectivity index (χ2v) is 10.5. The molecule has 2 aliphatic rings. The summed E-state index contributed by atoms with van der Waals surface area (Å²) in [7, 11) is 0. The lowest BCUT2D eigenvalue weighted by molar-refractivity contribution is -0.131. The van der Waals surface area contributed by atoms with Crippen LogP contribution in [0.1, 0.15) is 76.3 Å². The first kappa shape index (κ1) is 26.7. The molecule has 0 unspecified atom stereocenters. The maximum Gasteiger partial charge on any atom is 0.222 e. The van der Waals surface area contributed by atoms with Gasteiger partial charge in [-0.25, -0.2) is 0 Å². The van der Waals surface area contributed by atoms with Crippen molar-refractivity contribution in [2.75, 3.05) is 13.1 Å². The number of unbranched alkanes of at least 4 members (excludes halogenated alkanes) is 1. The van der Waals surface area contributed by atoms with Gasteiger partial charge in [-0.05, 0) is 69.3 Å². The van der Waals surface area contributed by atoms with Crippen molar-refractivity contribution in [1.82, 2.24) is 4.90 Å². The van der Waals surface area contributed by atoms with Gasteiger partial charge in [-0.15, -0.1) is 0 Å². The topological polar surface area (TPSA) is 60.8 Å². The summed E-state index contributed by atoms with van der Waals surface area (Å²) in [6, 6.07) is 8.26. The van der Waals surface area contributed by atoms with Crippen LogP contribution in [-0.2, 0) is 11.2 Å². The molecule has 0 saturated heterocycles. The number of hydrogen-bond acceptors (Lipinski definition) is 3. The summed E-state index contributed by atoms with van der Waals surface area (Å²) in [5.74, 6) is 1.31. The van der Waals surface area contributed by atoms with Crippen molar-refractivity contribution in [1.29, 1.82) is 0 Å². The normalized spacial score (nSPS) is 24.9. The van der Waals surface area contributed by atoms with E-state index in [9.17, 15) is 15.0 Å². The predicted octanol–water partition coefficient (Wildman–Crippen LogP) is 5.61. The molecule has 0 aromatic heterocycles. The number of allylic oxidation sites excluding steroid dienone is 2. The second-order valence-electron chi connectivity index (χ2n) is 10.5. The third kappa shape index (κ3) is 7.55. The molecule has 2 N–H and O–H groups in total. The summed E-state index contributed by atoms with van der Waals surface area (Å²) in [5, 5.41) is 21.1. The van der Waals surface area contributed by atoms with Gasteiger partial charge in [0.05, 0.1) is 12.2 Å². The molecule has 34 heavy (non-hydrogen) atoms. The molecule has 1 amide bonds. The van der Waals surface area contributed by atoms with E-state index in [-0.39, 0.29) is 12.0 Å². The Kier molecular flexibility index (Phi) is 10.4. The molecule has 188 valence electrons. The molecular formula is C30H45NO3. The van der Waals surface area contributed by atoms with E-state index in [4.69, 9.17) is 0 Å². The Morgan fingerprint density at radius 2 is 1.97 bits per heavy atom. The van der Waals surface area contributed by atoms with Crippen molar-refractivity contribution in [3.05, 3.63) is 59.2 Å². The molecule has 1 fully saturated rings. The number of hydrogen-bond donors (Lipinski definition) is 2. The summed E-state index contributed by atoms with van der Waals surface area (Å²) in [6.07, 6.45) is 13.7. The number of nitrogens with zero attached hydrogens (tertiary/aromatic N) is 1. The Morgan fingerprint density at radius 1 is 1.21 bits per heavy atom. The van der Waals surface area contributed by atoms with Crippen LogP contribution < -0.4 is 0 Å². The molecule has 4 nitrogen and oxygen atoms in total. The summed E-state index contributed by atoms with van der Waals surface area (Å²) >= 11 is 0. The van der Waals surface area contributed by atoms with Crippen molar-refractivity contribution in [3.8, 4) is 0 Å². The number of fused-ring (bicyclic) bond motifs is 1. The largest absolute Gasteiger partial charge is 0.392 e. The molecule has 0 radical (unpaired) electrons. The van der Waals surface area contributed by atoms with Gasteiger partial charge in [-0.3, -0.25) is 4.79 Å². The van der Waals surface area contributed by atoms with Crippen LogP contribution in [0.2, 0.25) is 0 Å². The Labute approximate surface area is 206 Å². The van der Waals surface area contributed by atoms with Crippen LogP contribution in [0.25, 0.3) is 0 Å². The third-order valence-electron chi connectivity index (χ3n) is 7.51. The van der Waals surface area contributed by atoms with Gasteiger partial charge in [0, 0.05) is 31.8 Å².